The standard InChI is InChI=1S/C12H23NO/c14-9-12(11-6-7-13-8-11)10-4-2-1-3-5-10/h10-14H,1-9H2. The first-order chi connectivity index (χ1) is 6.92. The normalized spacial score (nSPS) is 31.9. The summed E-state index contributed by atoms with van der Waals surface area (Å²) in [5.41, 5.74) is 0. The molecular formula is C12H23NO. The van der Waals surface area contributed by atoms with Crippen molar-refractivity contribution in [2.24, 2.45) is 17.8 Å². The second-order valence-corrected chi connectivity index (χ2v) is 5.00. The minimum absolute atomic E-state index is 0.414. The molecule has 2 aliphatic rings. The summed E-state index contributed by atoms with van der Waals surface area (Å²) in [7, 11) is 0. The molecule has 0 aromatic rings. The fourth-order valence-electron chi connectivity index (χ4n) is 3.29. The molecule has 2 N–H and O–H groups in total. The highest BCUT2D eigenvalue weighted by Gasteiger charge is 2.31. The van der Waals surface area contributed by atoms with Crippen LogP contribution >= 0.6 is 0 Å². The third kappa shape index (κ3) is 2.29. The maximum Gasteiger partial charge on any atom is 0.0465 e. The summed E-state index contributed by atoms with van der Waals surface area (Å²) in [6, 6.07) is 0. The molecule has 2 fully saturated rings. The zero-order valence-electron chi connectivity index (χ0n) is 9.04. The van der Waals surface area contributed by atoms with Gasteiger partial charge in [-0.25, -0.2) is 0 Å². The van der Waals surface area contributed by atoms with E-state index in [1.807, 2.05) is 0 Å². The van der Waals surface area contributed by atoms with Crippen molar-refractivity contribution in [3.05, 3.63) is 0 Å². The maximum atomic E-state index is 9.51. The van der Waals surface area contributed by atoms with E-state index in [1.165, 1.54) is 38.5 Å². The molecule has 14 heavy (non-hydrogen) atoms. The number of aliphatic hydroxyl groups is 1. The Hall–Kier alpha value is -0.0800. The van der Waals surface area contributed by atoms with E-state index >= 15 is 0 Å². The zero-order valence-corrected chi connectivity index (χ0v) is 9.04. The van der Waals surface area contributed by atoms with Crippen LogP contribution in [0.4, 0.5) is 0 Å². The lowest BCUT2D eigenvalue weighted by Gasteiger charge is -2.32. The van der Waals surface area contributed by atoms with Gasteiger partial charge >= 0.3 is 0 Å². The number of aliphatic hydroxyl groups excluding tert-OH is 1. The highest BCUT2D eigenvalue weighted by Crippen LogP contribution is 2.35. The van der Waals surface area contributed by atoms with Crippen LogP contribution in [0.3, 0.4) is 0 Å². The Bertz CT molecular complexity index is 160. The first-order valence-electron chi connectivity index (χ1n) is 6.23. The van der Waals surface area contributed by atoms with Crippen LogP contribution in [0, 0.1) is 17.8 Å². The molecule has 1 aliphatic heterocycles. The molecule has 2 nitrogen and oxygen atoms in total. The van der Waals surface area contributed by atoms with Crippen LogP contribution in [0.15, 0.2) is 0 Å². The summed E-state index contributed by atoms with van der Waals surface area (Å²) in [4.78, 5) is 0. The average Bonchev–Trinajstić information content (AvgIpc) is 2.74. The van der Waals surface area contributed by atoms with Gasteiger partial charge in [0.2, 0.25) is 0 Å². The monoisotopic (exact) mass is 197 g/mol. The first kappa shape index (κ1) is 10.4. The van der Waals surface area contributed by atoms with E-state index in [0.717, 1.165) is 24.9 Å². The van der Waals surface area contributed by atoms with E-state index in [4.69, 9.17) is 0 Å². The Morgan fingerprint density at radius 3 is 2.43 bits per heavy atom. The van der Waals surface area contributed by atoms with Gasteiger partial charge < -0.3 is 10.4 Å². The van der Waals surface area contributed by atoms with Crippen molar-refractivity contribution in [1.82, 2.24) is 5.32 Å². The molecule has 0 aromatic carbocycles. The van der Waals surface area contributed by atoms with Gasteiger partial charge in [-0.2, -0.15) is 0 Å². The molecule has 2 atom stereocenters. The van der Waals surface area contributed by atoms with Gasteiger partial charge in [-0.3, -0.25) is 0 Å². The molecule has 1 aliphatic carbocycles. The van der Waals surface area contributed by atoms with Crippen molar-refractivity contribution in [2.45, 2.75) is 38.5 Å². The molecule has 0 bridgehead atoms. The first-order valence-corrected chi connectivity index (χ1v) is 6.23. The fourth-order valence-corrected chi connectivity index (χ4v) is 3.29. The van der Waals surface area contributed by atoms with Gasteiger partial charge in [0.05, 0.1) is 0 Å². The molecule has 2 rings (SSSR count). The van der Waals surface area contributed by atoms with Crippen molar-refractivity contribution < 1.29 is 5.11 Å². The molecule has 1 saturated carbocycles. The van der Waals surface area contributed by atoms with Gasteiger partial charge in [0.15, 0.2) is 0 Å². The smallest absolute Gasteiger partial charge is 0.0465 e. The van der Waals surface area contributed by atoms with Crippen molar-refractivity contribution in [3.8, 4) is 0 Å². The van der Waals surface area contributed by atoms with Crippen LogP contribution in [0.5, 0.6) is 0 Å². The number of rotatable bonds is 3. The van der Waals surface area contributed by atoms with Crippen molar-refractivity contribution >= 4 is 0 Å². The molecule has 0 amide bonds. The molecule has 1 saturated heterocycles. The topological polar surface area (TPSA) is 32.3 Å². The molecule has 0 spiro atoms. The van der Waals surface area contributed by atoms with Crippen LogP contribution in [-0.2, 0) is 0 Å². The summed E-state index contributed by atoms with van der Waals surface area (Å²) >= 11 is 0. The Morgan fingerprint density at radius 1 is 1.07 bits per heavy atom. The minimum atomic E-state index is 0.414. The molecular weight excluding hydrogens is 174 g/mol. The quantitative estimate of drug-likeness (QED) is 0.723. The van der Waals surface area contributed by atoms with Crippen LogP contribution in [-0.4, -0.2) is 24.8 Å². The van der Waals surface area contributed by atoms with Gasteiger partial charge in [-0.05, 0) is 37.3 Å². The molecule has 2 unspecified atom stereocenters. The molecule has 1 heterocycles. The third-order valence-corrected chi connectivity index (χ3v) is 4.17. The number of nitrogens with one attached hydrogen (secondary N) is 1. The fraction of sp³-hybridized carbons (Fsp3) is 1.00. The summed E-state index contributed by atoms with van der Waals surface area (Å²) in [5.74, 6) is 2.16. The van der Waals surface area contributed by atoms with E-state index in [-0.39, 0.29) is 0 Å². The molecule has 82 valence electrons. The van der Waals surface area contributed by atoms with Crippen molar-refractivity contribution in [1.29, 1.82) is 0 Å². The Morgan fingerprint density at radius 2 is 1.86 bits per heavy atom. The van der Waals surface area contributed by atoms with Crippen LogP contribution in [0.2, 0.25) is 0 Å². The Balaban J connectivity index is 1.89. The predicted octanol–water partition coefficient (Wildman–Crippen LogP) is 1.78. The van der Waals surface area contributed by atoms with Crippen molar-refractivity contribution in [3.63, 3.8) is 0 Å². The van der Waals surface area contributed by atoms with Gasteiger partial charge in [0.1, 0.15) is 0 Å². The summed E-state index contributed by atoms with van der Waals surface area (Å²) in [6.45, 7) is 2.71. The lowest BCUT2D eigenvalue weighted by Crippen LogP contribution is -2.29. The van der Waals surface area contributed by atoms with E-state index in [0.29, 0.717) is 12.5 Å². The average molecular weight is 197 g/mol. The molecule has 2 heteroatoms. The van der Waals surface area contributed by atoms with Crippen LogP contribution < -0.4 is 5.32 Å². The highest BCUT2D eigenvalue weighted by molar-refractivity contribution is 4.83. The lowest BCUT2D eigenvalue weighted by atomic mass is 9.74. The molecule has 0 radical (unpaired) electrons. The minimum Gasteiger partial charge on any atom is -0.396 e. The maximum absolute atomic E-state index is 9.51. The zero-order chi connectivity index (χ0) is 9.80. The van der Waals surface area contributed by atoms with Gasteiger partial charge in [-0.15, -0.1) is 0 Å². The van der Waals surface area contributed by atoms with Gasteiger partial charge in [0.25, 0.3) is 0 Å². The Kier molecular flexibility index (Phi) is 3.82. The summed E-state index contributed by atoms with van der Waals surface area (Å²) in [6.07, 6.45) is 8.20. The summed E-state index contributed by atoms with van der Waals surface area (Å²) in [5, 5.41) is 12.9. The van der Waals surface area contributed by atoms with E-state index in [1.54, 1.807) is 0 Å². The second kappa shape index (κ2) is 5.13. The van der Waals surface area contributed by atoms with Crippen molar-refractivity contribution in [2.75, 3.05) is 19.7 Å². The lowest BCUT2D eigenvalue weighted by molar-refractivity contribution is 0.104. The largest absolute Gasteiger partial charge is 0.396 e. The third-order valence-electron chi connectivity index (χ3n) is 4.17. The van der Waals surface area contributed by atoms with E-state index < -0.39 is 0 Å². The predicted molar refractivity (Wildman–Crippen MR) is 58.1 cm³/mol. The number of hydrogen-bond acceptors (Lipinski definition) is 2. The van der Waals surface area contributed by atoms with E-state index in [9.17, 15) is 5.11 Å². The SMILES string of the molecule is OCC(C1CCCCC1)C1CCNC1. The van der Waals surface area contributed by atoms with Gasteiger partial charge in [-0.1, -0.05) is 32.1 Å². The highest BCUT2D eigenvalue weighted by atomic mass is 16.3. The summed E-state index contributed by atoms with van der Waals surface area (Å²) < 4.78 is 0. The van der Waals surface area contributed by atoms with E-state index in [2.05, 4.69) is 5.32 Å². The molecule has 0 aromatic heterocycles. The van der Waals surface area contributed by atoms with Crippen LogP contribution in [0.25, 0.3) is 0 Å². The number of hydrogen-bond donors (Lipinski definition) is 2. The second-order valence-electron chi connectivity index (χ2n) is 5.00. The van der Waals surface area contributed by atoms with Crippen LogP contribution in [0.1, 0.15) is 38.5 Å². The van der Waals surface area contributed by atoms with Gasteiger partial charge in [0, 0.05) is 6.61 Å². The Labute approximate surface area is 87.1 Å².